The first-order valence-corrected chi connectivity index (χ1v) is 6.99. The molecule has 100 valence electrons. The van der Waals surface area contributed by atoms with Gasteiger partial charge in [-0.3, -0.25) is 10.1 Å². The molecule has 0 fully saturated rings. The molecule has 18 heavy (non-hydrogen) atoms. The summed E-state index contributed by atoms with van der Waals surface area (Å²) < 4.78 is 0.731. The zero-order chi connectivity index (χ0) is 13.7. The van der Waals surface area contributed by atoms with Crippen molar-refractivity contribution in [2.45, 2.75) is 39.7 Å². The topological polar surface area (TPSA) is 55.2 Å². The number of nitrogens with one attached hydrogen (secondary N) is 1. The van der Waals surface area contributed by atoms with Crippen molar-refractivity contribution in [1.29, 1.82) is 0 Å². The molecule has 0 bridgehead atoms. The fourth-order valence-electron chi connectivity index (χ4n) is 2.09. The summed E-state index contributed by atoms with van der Waals surface area (Å²) in [6.07, 6.45) is 2.24. The van der Waals surface area contributed by atoms with Gasteiger partial charge in [0, 0.05) is 28.3 Å². The van der Waals surface area contributed by atoms with Crippen molar-refractivity contribution in [1.82, 2.24) is 0 Å². The monoisotopic (exact) mass is 314 g/mol. The first-order chi connectivity index (χ1) is 8.49. The minimum absolute atomic E-state index is 0.0996. The highest BCUT2D eigenvalue weighted by atomic mass is 79.9. The molecular weight excluding hydrogens is 296 g/mol. The van der Waals surface area contributed by atoms with Crippen LogP contribution in [0.5, 0.6) is 0 Å². The lowest BCUT2D eigenvalue weighted by Gasteiger charge is -2.24. The van der Waals surface area contributed by atoms with E-state index in [0.717, 1.165) is 23.0 Å². The molecule has 1 aromatic carbocycles. The summed E-state index contributed by atoms with van der Waals surface area (Å²) in [4.78, 5) is 10.3. The van der Waals surface area contributed by atoms with Gasteiger partial charge in [0.15, 0.2) is 0 Å². The molecular formula is C13H19BrN2O2. The third-order valence-electron chi connectivity index (χ3n) is 3.30. The first kappa shape index (κ1) is 15.0. The van der Waals surface area contributed by atoms with Crippen molar-refractivity contribution in [2.24, 2.45) is 5.92 Å². The molecule has 0 aliphatic heterocycles. The van der Waals surface area contributed by atoms with Crippen molar-refractivity contribution in [3.63, 3.8) is 0 Å². The van der Waals surface area contributed by atoms with Crippen molar-refractivity contribution in [2.75, 3.05) is 5.32 Å². The molecule has 1 aromatic rings. The van der Waals surface area contributed by atoms with Crippen LogP contribution in [0.3, 0.4) is 0 Å². The highest BCUT2D eigenvalue weighted by Crippen LogP contribution is 2.29. The van der Waals surface area contributed by atoms with Crippen LogP contribution < -0.4 is 5.32 Å². The van der Waals surface area contributed by atoms with Crippen LogP contribution in [0.15, 0.2) is 22.7 Å². The Morgan fingerprint density at radius 1 is 1.39 bits per heavy atom. The van der Waals surface area contributed by atoms with Crippen LogP contribution in [0, 0.1) is 16.0 Å². The van der Waals surface area contributed by atoms with Crippen LogP contribution >= 0.6 is 15.9 Å². The average Bonchev–Trinajstić information content (AvgIpc) is 2.33. The number of rotatable bonds is 6. The van der Waals surface area contributed by atoms with Crippen molar-refractivity contribution < 1.29 is 4.92 Å². The third-order valence-corrected chi connectivity index (χ3v) is 3.96. The number of nitrogens with zero attached hydrogens (tertiary/aromatic N) is 1. The van der Waals surface area contributed by atoms with Gasteiger partial charge in [-0.25, -0.2) is 0 Å². The van der Waals surface area contributed by atoms with Gasteiger partial charge in [-0.05, 0) is 34.8 Å². The normalized spacial score (nSPS) is 12.5. The lowest BCUT2D eigenvalue weighted by Crippen LogP contribution is -2.25. The molecule has 0 saturated heterocycles. The van der Waals surface area contributed by atoms with Gasteiger partial charge in [0.2, 0.25) is 0 Å². The fourth-order valence-corrected chi connectivity index (χ4v) is 2.57. The van der Waals surface area contributed by atoms with Crippen LogP contribution in [-0.4, -0.2) is 11.0 Å². The zero-order valence-electron chi connectivity index (χ0n) is 10.9. The summed E-state index contributed by atoms with van der Waals surface area (Å²) in [6, 6.07) is 5.15. The van der Waals surface area contributed by atoms with Crippen LogP contribution in [0.1, 0.15) is 33.6 Å². The Labute approximate surface area is 116 Å². The largest absolute Gasteiger partial charge is 0.381 e. The molecule has 1 rings (SSSR count). The molecule has 0 heterocycles. The minimum atomic E-state index is -0.390. The van der Waals surface area contributed by atoms with Gasteiger partial charge in [0.1, 0.15) is 0 Å². The molecule has 0 amide bonds. The van der Waals surface area contributed by atoms with Crippen molar-refractivity contribution >= 4 is 27.3 Å². The van der Waals surface area contributed by atoms with E-state index in [1.165, 1.54) is 12.1 Å². The highest BCUT2D eigenvalue weighted by Gasteiger charge is 2.15. The van der Waals surface area contributed by atoms with Gasteiger partial charge >= 0.3 is 0 Å². The van der Waals surface area contributed by atoms with Gasteiger partial charge in [-0.1, -0.05) is 26.7 Å². The van der Waals surface area contributed by atoms with Gasteiger partial charge in [-0.15, -0.1) is 0 Å². The number of non-ortho nitro benzene ring substituents is 1. The number of nitro benzene ring substituents is 1. The smallest absolute Gasteiger partial charge is 0.270 e. The highest BCUT2D eigenvalue weighted by molar-refractivity contribution is 9.10. The fraction of sp³-hybridized carbons (Fsp3) is 0.538. The van der Waals surface area contributed by atoms with E-state index in [2.05, 4.69) is 42.0 Å². The molecule has 1 atom stereocenters. The van der Waals surface area contributed by atoms with E-state index < -0.39 is 4.92 Å². The van der Waals surface area contributed by atoms with Gasteiger partial charge in [-0.2, -0.15) is 0 Å². The maximum Gasteiger partial charge on any atom is 0.270 e. The second-order valence-corrected chi connectivity index (χ2v) is 5.29. The standard InChI is InChI=1S/C13H19BrN2O2/c1-4-10(5-2)9(3)15-13-7-6-11(16(17)18)8-12(13)14/h6-10,15H,4-5H2,1-3H3. The van der Waals surface area contributed by atoms with E-state index in [1.54, 1.807) is 6.07 Å². The molecule has 0 spiro atoms. The summed E-state index contributed by atoms with van der Waals surface area (Å²) in [7, 11) is 0. The Kier molecular flexibility index (Phi) is 5.59. The maximum atomic E-state index is 10.7. The van der Waals surface area contributed by atoms with Crippen molar-refractivity contribution in [3.05, 3.63) is 32.8 Å². The molecule has 1 N–H and O–H groups in total. The van der Waals surface area contributed by atoms with E-state index in [9.17, 15) is 10.1 Å². The summed E-state index contributed by atoms with van der Waals surface area (Å²) in [6.45, 7) is 6.50. The maximum absolute atomic E-state index is 10.7. The predicted molar refractivity (Wildman–Crippen MR) is 78.0 cm³/mol. The SMILES string of the molecule is CCC(CC)C(C)Nc1ccc([N+](=O)[O-])cc1Br. The van der Waals surface area contributed by atoms with Gasteiger partial charge < -0.3 is 5.32 Å². The van der Waals surface area contributed by atoms with Crippen LogP contribution in [-0.2, 0) is 0 Å². The summed E-state index contributed by atoms with van der Waals surface area (Å²) >= 11 is 3.37. The van der Waals surface area contributed by atoms with E-state index in [1.807, 2.05) is 0 Å². The number of hydrogen-bond acceptors (Lipinski definition) is 3. The molecule has 0 saturated carbocycles. The molecule has 0 aliphatic rings. The Morgan fingerprint density at radius 2 is 2.00 bits per heavy atom. The first-order valence-electron chi connectivity index (χ1n) is 6.20. The summed E-state index contributed by atoms with van der Waals surface area (Å²) in [5.41, 5.74) is 1.00. The lowest BCUT2D eigenvalue weighted by molar-refractivity contribution is -0.384. The van der Waals surface area contributed by atoms with Crippen molar-refractivity contribution in [3.8, 4) is 0 Å². The Morgan fingerprint density at radius 3 is 2.44 bits per heavy atom. The van der Waals surface area contributed by atoms with Gasteiger partial charge in [0.05, 0.1) is 4.92 Å². The molecule has 4 nitrogen and oxygen atoms in total. The molecule has 0 aromatic heterocycles. The van der Waals surface area contributed by atoms with E-state index >= 15 is 0 Å². The number of hydrogen-bond donors (Lipinski definition) is 1. The van der Waals surface area contributed by atoms with E-state index in [0.29, 0.717) is 12.0 Å². The van der Waals surface area contributed by atoms with Gasteiger partial charge in [0.25, 0.3) is 5.69 Å². The zero-order valence-corrected chi connectivity index (χ0v) is 12.5. The van der Waals surface area contributed by atoms with Crippen LogP contribution in [0.2, 0.25) is 0 Å². The van der Waals surface area contributed by atoms with Crippen LogP contribution in [0.25, 0.3) is 0 Å². The number of halogens is 1. The Hall–Kier alpha value is -1.10. The third kappa shape index (κ3) is 3.70. The molecule has 1 unspecified atom stereocenters. The quantitative estimate of drug-likeness (QED) is 0.617. The number of anilines is 1. The Bertz CT molecular complexity index is 419. The van der Waals surface area contributed by atoms with E-state index in [-0.39, 0.29) is 5.69 Å². The number of nitro groups is 1. The van der Waals surface area contributed by atoms with Crippen LogP contribution in [0.4, 0.5) is 11.4 Å². The minimum Gasteiger partial charge on any atom is -0.381 e. The second kappa shape index (κ2) is 6.73. The second-order valence-electron chi connectivity index (χ2n) is 4.43. The van der Waals surface area contributed by atoms with E-state index in [4.69, 9.17) is 0 Å². The molecule has 0 radical (unpaired) electrons. The lowest BCUT2D eigenvalue weighted by atomic mass is 9.95. The summed E-state index contributed by atoms with van der Waals surface area (Å²) in [5.74, 6) is 0.604. The molecule has 0 aliphatic carbocycles. The Balaban J connectivity index is 2.82. The predicted octanol–water partition coefficient (Wildman–Crippen LogP) is 4.59. The summed E-state index contributed by atoms with van der Waals surface area (Å²) in [5, 5.41) is 14.1. The molecule has 5 heteroatoms. The average molecular weight is 315 g/mol. The number of benzene rings is 1.